The number of amides is 1. The number of aliphatic hydroxyl groups is 1. The van der Waals surface area contributed by atoms with Crippen molar-refractivity contribution in [1.82, 2.24) is 9.80 Å². The van der Waals surface area contributed by atoms with Crippen molar-refractivity contribution in [1.29, 1.82) is 5.26 Å². The third-order valence-corrected chi connectivity index (χ3v) is 4.77. The van der Waals surface area contributed by atoms with Gasteiger partial charge in [0.1, 0.15) is 0 Å². The molecule has 0 aliphatic carbocycles. The van der Waals surface area contributed by atoms with Crippen LogP contribution in [-0.2, 0) is 4.79 Å². The Kier molecular flexibility index (Phi) is 6.47. The van der Waals surface area contributed by atoms with E-state index < -0.39 is 0 Å². The molecule has 0 aromatic carbocycles. The second-order valence-electron chi connectivity index (χ2n) is 6.24. The molecule has 2 saturated heterocycles. The van der Waals surface area contributed by atoms with Crippen LogP contribution >= 0.6 is 0 Å². The predicted octanol–water partition coefficient (Wildman–Crippen LogP) is 1.38. The first kappa shape index (κ1) is 16.3. The van der Waals surface area contributed by atoms with Gasteiger partial charge in [-0.1, -0.05) is 0 Å². The van der Waals surface area contributed by atoms with Crippen LogP contribution in [0.25, 0.3) is 0 Å². The zero-order valence-corrected chi connectivity index (χ0v) is 12.8. The number of carbonyl (C=O) groups is 1. The van der Waals surface area contributed by atoms with Crippen LogP contribution in [0.4, 0.5) is 0 Å². The molecule has 2 rings (SSSR count). The molecule has 1 N–H and O–H groups in total. The first-order valence-electron chi connectivity index (χ1n) is 8.27. The molecule has 5 heteroatoms. The summed E-state index contributed by atoms with van der Waals surface area (Å²) >= 11 is 0. The summed E-state index contributed by atoms with van der Waals surface area (Å²) in [5.41, 5.74) is 0. The molecule has 2 aliphatic heterocycles. The van der Waals surface area contributed by atoms with Crippen LogP contribution in [0.2, 0.25) is 0 Å². The lowest BCUT2D eigenvalue weighted by atomic mass is 9.92. The smallest absolute Gasteiger partial charge is 0.227 e. The van der Waals surface area contributed by atoms with Gasteiger partial charge in [0.2, 0.25) is 5.91 Å². The van der Waals surface area contributed by atoms with Crippen molar-refractivity contribution in [3.63, 3.8) is 0 Å². The van der Waals surface area contributed by atoms with Crippen molar-refractivity contribution in [2.75, 3.05) is 32.8 Å². The molecule has 21 heavy (non-hydrogen) atoms. The number of piperidine rings is 2. The molecule has 2 unspecified atom stereocenters. The third-order valence-electron chi connectivity index (χ3n) is 4.77. The fourth-order valence-corrected chi connectivity index (χ4v) is 3.64. The Morgan fingerprint density at radius 1 is 1.24 bits per heavy atom. The Hall–Kier alpha value is -1.12. The first-order chi connectivity index (χ1) is 10.3. The molecule has 2 heterocycles. The normalized spacial score (nSPS) is 27.3. The largest absolute Gasteiger partial charge is 0.396 e. The molecule has 0 radical (unpaired) electrons. The lowest BCUT2D eigenvalue weighted by Gasteiger charge is -2.40. The Bertz CT molecular complexity index is 378. The summed E-state index contributed by atoms with van der Waals surface area (Å²) in [6.45, 7) is 3.58. The zero-order chi connectivity index (χ0) is 15.1. The SMILES string of the molecule is N#CCCN1CCCC(C(=O)N2CCCCC2CCO)C1. The maximum Gasteiger partial charge on any atom is 0.227 e. The van der Waals surface area contributed by atoms with Gasteiger partial charge in [0.15, 0.2) is 0 Å². The number of hydrogen-bond donors (Lipinski definition) is 1. The number of nitriles is 1. The number of rotatable bonds is 5. The van der Waals surface area contributed by atoms with E-state index in [0.717, 1.165) is 58.3 Å². The van der Waals surface area contributed by atoms with Gasteiger partial charge in [-0.05, 0) is 45.1 Å². The van der Waals surface area contributed by atoms with E-state index in [4.69, 9.17) is 5.26 Å². The van der Waals surface area contributed by atoms with Crippen molar-refractivity contribution in [3.05, 3.63) is 0 Å². The molecule has 0 aromatic rings. The van der Waals surface area contributed by atoms with E-state index in [1.54, 1.807) is 0 Å². The molecule has 0 bridgehead atoms. The van der Waals surface area contributed by atoms with Crippen molar-refractivity contribution in [3.8, 4) is 6.07 Å². The van der Waals surface area contributed by atoms with Crippen molar-refractivity contribution >= 4 is 5.91 Å². The van der Waals surface area contributed by atoms with Crippen LogP contribution < -0.4 is 0 Å². The Balaban J connectivity index is 1.92. The standard InChI is InChI=1S/C16H27N3O2/c17-8-4-10-18-9-3-5-14(13-18)16(21)19-11-2-1-6-15(19)7-12-20/h14-15,20H,1-7,9-13H2. The van der Waals surface area contributed by atoms with E-state index in [1.165, 1.54) is 0 Å². The second kappa shape index (κ2) is 8.35. The minimum Gasteiger partial charge on any atom is -0.396 e. The van der Waals surface area contributed by atoms with E-state index in [9.17, 15) is 9.90 Å². The molecule has 1 amide bonds. The quantitative estimate of drug-likeness (QED) is 0.831. The van der Waals surface area contributed by atoms with Gasteiger partial charge < -0.3 is 14.9 Å². The van der Waals surface area contributed by atoms with E-state index in [-0.39, 0.29) is 24.5 Å². The molecule has 2 fully saturated rings. The maximum absolute atomic E-state index is 12.8. The Labute approximate surface area is 127 Å². The van der Waals surface area contributed by atoms with E-state index >= 15 is 0 Å². The summed E-state index contributed by atoms with van der Waals surface area (Å²) in [7, 11) is 0. The Morgan fingerprint density at radius 3 is 2.86 bits per heavy atom. The van der Waals surface area contributed by atoms with Gasteiger partial charge in [0.25, 0.3) is 0 Å². The molecule has 2 aliphatic rings. The van der Waals surface area contributed by atoms with Crippen molar-refractivity contribution < 1.29 is 9.90 Å². The van der Waals surface area contributed by atoms with Crippen LogP contribution in [0.3, 0.4) is 0 Å². The fraction of sp³-hybridized carbons (Fsp3) is 0.875. The van der Waals surface area contributed by atoms with Crippen LogP contribution in [0.1, 0.15) is 44.9 Å². The van der Waals surface area contributed by atoms with Gasteiger partial charge in [0, 0.05) is 38.7 Å². The first-order valence-corrected chi connectivity index (χ1v) is 8.27. The van der Waals surface area contributed by atoms with E-state index in [1.807, 2.05) is 4.90 Å². The van der Waals surface area contributed by atoms with Crippen LogP contribution in [-0.4, -0.2) is 59.6 Å². The molecule has 118 valence electrons. The summed E-state index contributed by atoms with van der Waals surface area (Å²) < 4.78 is 0. The molecule has 0 saturated carbocycles. The van der Waals surface area contributed by atoms with Gasteiger partial charge >= 0.3 is 0 Å². The highest BCUT2D eigenvalue weighted by Gasteiger charge is 2.33. The average molecular weight is 293 g/mol. The summed E-state index contributed by atoms with van der Waals surface area (Å²) in [6, 6.07) is 2.41. The van der Waals surface area contributed by atoms with Gasteiger partial charge in [-0.15, -0.1) is 0 Å². The minimum atomic E-state index is 0.0803. The molecule has 0 aromatic heterocycles. The number of aliphatic hydroxyl groups excluding tert-OH is 1. The lowest BCUT2D eigenvalue weighted by Crippen LogP contribution is -2.50. The summed E-state index contributed by atoms with van der Waals surface area (Å²) in [6.07, 6.45) is 6.52. The fourth-order valence-electron chi connectivity index (χ4n) is 3.64. The van der Waals surface area contributed by atoms with Gasteiger partial charge in [-0.25, -0.2) is 0 Å². The topological polar surface area (TPSA) is 67.6 Å². The summed E-state index contributed by atoms with van der Waals surface area (Å²) in [5.74, 6) is 0.353. The zero-order valence-electron chi connectivity index (χ0n) is 12.8. The average Bonchev–Trinajstić information content (AvgIpc) is 2.53. The number of carbonyl (C=O) groups excluding carboxylic acids is 1. The van der Waals surface area contributed by atoms with Crippen molar-refractivity contribution in [2.24, 2.45) is 5.92 Å². The van der Waals surface area contributed by atoms with Gasteiger partial charge in [-0.3, -0.25) is 4.79 Å². The third kappa shape index (κ3) is 4.42. The highest BCUT2D eigenvalue weighted by Crippen LogP contribution is 2.25. The van der Waals surface area contributed by atoms with Crippen LogP contribution in [0.5, 0.6) is 0 Å². The Morgan fingerprint density at radius 2 is 2.10 bits per heavy atom. The van der Waals surface area contributed by atoms with Crippen molar-refractivity contribution in [2.45, 2.75) is 51.0 Å². The van der Waals surface area contributed by atoms with Crippen LogP contribution in [0.15, 0.2) is 0 Å². The van der Waals surface area contributed by atoms with Crippen LogP contribution in [0, 0.1) is 17.2 Å². The number of hydrogen-bond acceptors (Lipinski definition) is 4. The van der Waals surface area contributed by atoms with Gasteiger partial charge in [-0.2, -0.15) is 5.26 Å². The molecule has 0 spiro atoms. The number of likely N-dealkylation sites (tertiary alicyclic amines) is 2. The summed E-state index contributed by atoms with van der Waals surface area (Å²) in [5, 5.41) is 17.9. The highest BCUT2D eigenvalue weighted by molar-refractivity contribution is 5.79. The lowest BCUT2D eigenvalue weighted by molar-refractivity contribution is -0.141. The molecule has 2 atom stereocenters. The second-order valence-corrected chi connectivity index (χ2v) is 6.24. The predicted molar refractivity (Wildman–Crippen MR) is 80.4 cm³/mol. The molecular weight excluding hydrogens is 266 g/mol. The minimum absolute atomic E-state index is 0.0803. The monoisotopic (exact) mass is 293 g/mol. The molecule has 5 nitrogen and oxygen atoms in total. The summed E-state index contributed by atoms with van der Waals surface area (Å²) in [4.78, 5) is 17.1. The highest BCUT2D eigenvalue weighted by atomic mass is 16.3. The number of nitrogens with zero attached hydrogens (tertiary/aromatic N) is 3. The van der Waals surface area contributed by atoms with E-state index in [2.05, 4.69) is 11.0 Å². The maximum atomic E-state index is 12.8. The molecular formula is C16H27N3O2. The van der Waals surface area contributed by atoms with Gasteiger partial charge in [0.05, 0.1) is 12.0 Å². The van der Waals surface area contributed by atoms with E-state index in [0.29, 0.717) is 12.8 Å².